The van der Waals surface area contributed by atoms with E-state index in [4.69, 9.17) is 14.2 Å². The molecule has 0 fully saturated rings. The first-order chi connectivity index (χ1) is 19.7. The second-order valence-corrected chi connectivity index (χ2v) is 11.7. The van der Waals surface area contributed by atoms with Gasteiger partial charge in [-0.1, -0.05) is 30.3 Å². The van der Waals surface area contributed by atoms with Crippen LogP contribution in [0.15, 0.2) is 60.9 Å². The molecule has 42 heavy (non-hydrogen) atoms. The quantitative estimate of drug-likeness (QED) is 0.280. The van der Waals surface area contributed by atoms with Crippen LogP contribution >= 0.6 is 0 Å². The number of aromatic nitrogens is 2. The van der Waals surface area contributed by atoms with E-state index in [0.29, 0.717) is 10.5 Å². The van der Waals surface area contributed by atoms with Crippen LogP contribution < -0.4 is 5.32 Å². The Balaban J connectivity index is 2.07. The minimum atomic E-state index is -1.49. The Morgan fingerprint density at radius 2 is 1.52 bits per heavy atom. The van der Waals surface area contributed by atoms with Crippen LogP contribution in [0.5, 0.6) is 0 Å². The first-order valence-corrected chi connectivity index (χ1v) is 13.8. The largest absolute Gasteiger partial charge is 0.464 e. The van der Waals surface area contributed by atoms with Crippen LogP contribution in [0.2, 0.25) is 0 Å². The summed E-state index contributed by atoms with van der Waals surface area (Å²) < 4.78 is 18.0. The Labute approximate surface area is 246 Å². The summed E-state index contributed by atoms with van der Waals surface area (Å²) in [5.74, 6) is -1.43. The molecule has 0 unspecified atom stereocenters. The van der Waals surface area contributed by atoms with Crippen molar-refractivity contribution in [3.8, 4) is 0 Å². The molecule has 0 saturated carbocycles. The maximum absolute atomic E-state index is 14.1. The van der Waals surface area contributed by atoms with Gasteiger partial charge in [-0.25, -0.2) is 19.4 Å². The van der Waals surface area contributed by atoms with Crippen molar-refractivity contribution in [2.24, 2.45) is 0 Å². The third-order valence-corrected chi connectivity index (χ3v) is 5.86. The van der Waals surface area contributed by atoms with Crippen LogP contribution in [-0.2, 0) is 36.8 Å². The van der Waals surface area contributed by atoms with Gasteiger partial charge in [-0.15, -0.1) is 0 Å². The summed E-state index contributed by atoms with van der Waals surface area (Å²) in [5.41, 5.74) is -0.652. The Bertz CT molecular complexity index is 1360. The summed E-state index contributed by atoms with van der Waals surface area (Å²) in [4.78, 5) is 59.2. The lowest BCUT2D eigenvalue weighted by molar-refractivity contribution is -0.148. The highest BCUT2D eigenvalue weighted by Crippen LogP contribution is 2.21. The van der Waals surface area contributed by atoms with Crippen molar-refractivity contribution in [2.45, 2.75) is 84.7 Å². The number of rotatable bonds is 9. The van der Waals surface area contributed by atoms with Gasteiger partial charge in [0, 0.05) is 24.2 Å². The molecule has 11 nitrogen and oxygen atoms in total. The van der Waals surface area contributed by atoms with E-state index in [1.165, 1.54) is 0 Å². The molecule has 2 atom stereocenters. The lowest BCUT2D eigenvalue weighted by Crippen LogP contribution is -2.58. The van der Waals surface area contributed by atoms with E-state index < -0.39 is 47.3 Å². The molecule has 3 amide bonds. The molecule has 1 N–H and O–H groups in total. The Hall–Kier alpha value is -4.41. The first kappa shape index (κ1) is 32.1. The molecule has 2 aromatic heterocycles. The maximum Gasteiger partial charge on any atom is 0.420 e. The fourth-order valence-electron chi connectivity index (χ4n) is 4.14. The van der Waals surface area contributed by atoms with Crippen LogP contribution in [-0.4, -0.2) is 68.4 Å². The number of pyridine rings is 1. The molecule has 0 saturated heterocycles. The van der Waals surface area contributed by atoms with Crippen molar-refractivity contribution in [1.82, 2.24) is 19.8 Å². The van der Waals surface area contributed by atoms with E-state index >= 15 is 0 Å². The van der Waals surface area contributed by atoms with Crippen LogP contribution in [0, 0.1) is 0 Å². The number of amides is 3. The number of nitrogens with zero attached hydrogens (tertiary/aromatic N) is 3. The highest BCUT2D eigenvalue weighted by atomic mass is 16.6. The normalized spacial score (nSPS) is 13.1. The minimum Gasteiger partial charge on any atom is -0.464 e. The van der Waals surface area contributed by atoms with Crippen LogP contribution in [0.4, 0.5) is 9.59 Å². The van der Waals surface area contributed by atoms with Crippen molar-refractivity contribution in [3.63, 3.8) is 0 Å². The number of esters is 1. The summed E-state index contributed by atoms with van der Waals surface area (Å²) in [6.45, 7) is 11.5. The topological polar surface area (TPSA) is 129 Å². The summed E-state index contributed by atoms with van der Waals surface area (Å²) in [5, 5.41) is 3.52. The van der Waals surface area contributed by atoms with Crippen LogP contribution in [0.25, 0.3) is 11.0 Å². The third-order valence-electron chi connectivity index (χ3n) is 5.86. The second-order valence-electron chi connectivity index (χ2n) is 11.7. The minimum absolute atomic E-state index is 0.104. The Morgan fingerprint density at radius 3 is 2.10 bits per heavy atom. The summed E-state index contributed by atoms with van der Waals surface area (Å²) >= 11 is 0. The molecule has 0 bridgehead atoms. The SMILES string of the molecule is CCOC(=O)[C@H](Cc1ccccc1)NC(=O)[C@@H](Cn1ccc2cccnc21)N(C(=O)OC(C)(C)C)C(=O)OC(C)(C)C. The van der Waals surface area contributed by atoms with E-state index in [0.717, 1.165) is 10.9 Å². The lowest BCUT2D eigenvalue weighted by Gasteiger charge is -2.33. The molecule has 0 aliphatic heterocycles. The first-order valence-electron chi connectivity index (χ1n) is 13.8. The smallest absolute Gasteiger partial charge is 0.420 e. The Kier molecular flexibility index (Phi) is 10.3. The Morgan fingerprint density at radius 1 is 0.905 bits per heavy atom. The standard InChI is InChI=1S/C31H40N4O7/c1-8-40-27(37)23(19-21-13-10-9-11-14-21)33-26(36)24(20-34-18-16-22-15-12-17-32-25(22)34)35(28(38)41-30(2,3)4)29(39)42-31(5,6)7/h9-18,23-24H,8,19-20H2,1-7H3,(H,33,36)/t23-,24+/m0/s1. The lowest BCUT2D eigenvalue weighted by atomic mass is 10.1. The van der Waals surface area contributed by atoms with Crippen molar-refractivity contribution in [2.75, 3.05) is 6.61 Å². The highest BCUT2D eigenvalue weighted by molar-refractivity contribution is 5.97. The van der Waals surface area contributed by atoms with Gasteiger partial charge >= 0.3 is 18.2 Å². The van der Waals surface area contributed by atoms with E-state index in [1.54, 1.807) is 77.6 Å². The van der Waals surface area contributed by atoms with E-state index in [-0.39, 0.29) is 19.6 Å². The van der Waals surface area contributed by atoms with Gasteiger partial charge in [-0.05, 0) is 72.2 Å². The molecule has 11 heteroatoms. The fourth-order valence-corrected chi connectivity index (χ4v) is 4.14. The van der Waals surface area contributed by atoms with Gasteiger partial charge in [0.1, 0.15) is 28.9 Å². The molecule has 226 valence electrons. The molecular formula is C31H40N4O7. The van der Waals surface area contributed by atoms with Crippen molar-refractivity contribution in [3.05, 3.63) is 66.5 Å². The van der Waals surface area contributed by atoms with Crippen LogP contribution in [0.3, 0.4) is 0 Å². The number of benzene rings is 1. The maximum atomic E-state index is 14.1. The number of hydrogen-bond donors (Lipinski definition) is 1. The number of ether oxygens (including phenoxy) is 3. The summed E-state index contributed by atoms with van der Waals surface area (Å²) in [6.07, 6.45) is 1.29. The zero-order valence-corrected chi connectivity index (χ0v) is 25.2. The molecule has 0 aliphatic carbocycles. The van der Waals surface area contributed by atoms with Crippen molar-refractivity contribution in [1.29, 1.82) is 0 Å². The number of imide groups is 1. The van der Waals surface area contributed by atoms with Crippen molar-refractivity contribution < 1.29 is 33.4 Å². The molecule has 1 aromatic carbocycles. The molecule has 0 spiro atoms. The van der Waals surface area contributed by atoms with Gasteiger partial charge in [0.15, 0.2) is 0 Å². The van der Waals surface area contributed by atoms with Gasteiger partial charge < -0.3 is 24.1 Å². The number of nitrogens with one attached hydrogen (secondary N) is 1. The second kappa shape index (κ2) is 13.5. The van der Waals surface area contributed by atoms with E-state index in [9.17, 15) is 19.2 Å². The number of fused-ring (bicyclic) bond motifs is 1. The monoisotopic (exact) mass is 580 g/mol. The number of carbonyl (C=O) groups is 4. The average Bonchev–Trinajstić information content (AvgIpc) is 3.29. The third kappa shape index (κ3) is 9.05. The number of hydrogen-bond acceptors (Lipinski definition) is 8. The van der Waals surface area contributed by atoms with Gasteiger partial charge in [0.05, 0.1) is 13.2 Å². The van der Waals surface area contributed by atoms with Gasteiger partial charge in [0.2, 0.25) is 5.91 Å². The molecule has 0 aliphatic rings. The van der Waals surface area contributed by atoms with Gasteiger partial charge in [-0.3, -0.25) is 4.79 Å². The molecule has 0 radical (unpaired) electrons. The summed E-state index contributed by atoms with van der Waals surface area (Å²) in [7, 11) is 0. The number of carbonyl (C=O) groups excluding carboxylic acids is 4. The predicted molar refractivity (Wildman–Crippen MR) is 157 cm³/mol. The van der Waals surface area contributed by atoms with E-state index in [1.807, 2.05) is 36.4 Å². The highest BCUT2D eigenvalue weighted by Gasteiger charge is 2.42. The molecule has 3 rings (SSSR count). The zero-order valence-electron chi connectivity index (χ0n) is 25.2. The zero-order chi connectivity index (χ0) is 31.1. The predicted octanol–water partition coefficient (Wildman–Crippen LogP) is 4.87. The van der Waals surface area contributed by atoms with Gasteiger partial charge in [-0.2, -0.15) is 4.90 Å². The molecular weight excluding hydrogens is 540 g/mol. The molecule has 3 aromatic rings. The summed E-state index contributed by atoms with van der Waals surface area (Å²) in [6, 6.07) is 12.0. The average molecular weight is 581 g/mol. The molecule has 2 heterocycles. The van der Waals surface area contributed by atoms with E-state index in [2.05, 4.69) is 10.3 Å². The van der Waals surface area contributed by atoms with Crippen molar-refractivity contribution >= 4 is 35.1 Å². The fraction of sp³-hybridized carbons (Fsp3) is 0.452. The van der Waals surface area contributed by atoms with Gasteiger partial charge in [0.25, 0.3) is 0 Å². The van der Waals surface area contributed by atoms with Crippen LogP contribution in [0.1, 0.15) is 54.0 Å².